The second kappa shape index (κ2) is 11.0. The summed E-state index contributed by atoms with van der Waals surface area (Å²) in [5.74, 6) is 0.214. The van der Waals surface area contributed by atoms with Gasteiger partial charge in [0.15, 0.2) is 5.75 Å². The first kappa shape index (κ1) is 22.1. The molecule has 1 aromatic carbocycles. The van der Waals surface area contributed by atoms with Crippen LogP contribution in [0.3, 0.4) is 0 Å². The van der Waals surface area contributed by atoms with Crippen LogP contribution >= 0.6 is 46.4 Å². The molecule has 1 aromatic heterocycles. The van der Waals surface area contributed by atoms with Crippen molar-refractivity contribution in [3.8, 4) is 5.75 Å². The first-order valence-electron chi connectivity index (χ1n) is 8.59. The molecule has 0 saturated heterocycles. The maximum absolute atomic E-state index is 12.8. The van der Waals surface area contributed by atoms with Gasteiger partial charge in [0.1, 0.15) is 6.61 Å². The van der Waals surface area contributed by atoms with Crippen molar-refractivity contribution < 1.29 is 9.53 Å². The number of benzene rings is 1. The Labute approximate surface area is 179 Å². The van der Waals surface area contributed by atoms with E-state index in [9.17, 15) is 4.79 Å². The van der Waals surface area contributed by atoms with Crippen molar-refractivity contribution >= 4 is 52.3 Å². The fourth-order valence-corrected chi connectivity index (χ4v) is 3.60. The van der Waals surface area contributed by atoms with Crippen LogP contribution in [0.5, 0.6) is 5.75 Å². The van der Waals surface area contributed by atoms with Gasteiger partial charge in [-0.2, -0.15) is 0 Å². The lowest BCUT2D eigenvalue weighted by Crippen LogP contribution is -2.35. The molecule has 27 heavy (non-hydrogen) atoms. The predicted octanol–water partition coefficient (Wildman–Crippen LogP) is 6.41. The molecular weight excluding hydrogens is 430 g/mol. The molecule has 0 bridgehead atoms. The summed E-state index contributed by atoms with van der Waals surface area (Å²) in [5.41, 5.74) is 0.446. The smallest absolute Gasteiger partial charge is 0.255 e. The lowest BCUT2D eigenvalue weighted by atomic mass is 10.2. The fraction of sp³-hybridized carbons (Fsp3) is 0.368. The SMILES string of the molecule is CCCCCN(CCOc1c(Cl)cc(Cl)cc1Cl)C(=O)c1cncc(Cl)c1. The van der Waals surface area contributed by atoms with Gasteiger partial charge in [0.05, 0.1) is 27.2 Å². The van der Waals surface area contributed by atoms with Crippen LogP contribution < -0.4 is 4.74 Å². The molecule has 4 nitrogen and oxygen atoms in total. The molecule has 1 amide bonds. The number of unbranched alkanes of at least 4 members (excludes halogenated alkanes) is 2. The van der Waals surface area contributed by atoms with E-state index >= 15 is 0 Å². The Morgan fingerprint density at radius 2 is 1.70 bits per heavy atom. The third kappa shape index (κ3) is 6.72. The topological polar surface area (TPSA) is 42.4 Å². The Morgan fingerprint density at radius 1 is 1.00 bits per heavy atom. The summed E-state index contributed by atoms with van der Waals surface area (Å²) in [6.07, 6.45) is 6.00. The van der Waals surface area contributed by atoms with Gasteiger partial charge in [-0.05, 0) is 24.6 Å². The lowest BCUT2D eigenvalue weighted by Gasteiger charge is -2.23. The number of amides is 1. The van der Waals surface area contributed by atoms with E-state index in [4.69, 9.17) is 51.1 Å². The average molecular weight is 450 g/mol. The number of pyridine rings is 1. The largest absolute Gasteiger partial charge is 0.489 e. The molecule has 0 spiro atoms. The summed E-state index contributed by atoms with van der Waals surface area (Å²) in [6.45, 7) is 3.35. The standard InChI is InChI=1S/C19H20Cl4N2O2/c1-2-3-4-5-25(19(26)13-8-15(21)12-24-11-13)6-7-27-18-16(22)9-14(20)10-17(18)23/h8-12H,2-7H2,1H3. The van der Waals surface area contributed by atoms with E-state index in [-0.39, 0.29) is 12.5 Å². The van der Waals surface area contributed by atoms with E-state index < -0.39 is 0 Å². The number of aromatic nitrogens is 1. The van der Waals surface area contributed by atoms with Crippen molar-refractivity contribution in [2.75, 3.05) is 19.7 Å². The van der Waals surface area contributed by atoms with Crippen molar-refractivity contribution in [1.82, 2.24) is 9.88 Å². The predicted molar refractivity (Wildman–Crippen MR) is 112 cm³/mol. The van der Waals surface area contributed by atoms with Crippen LogP contribution in [0, 0.1) is 0 Å². The third-order valence-corrected chi connectivity index (χ3v) is 4.83. The van der Waals surface area contributed by atoms with Crippen LogP contribution in [-0.4, -0.2) is 35.5 Å². The summed E-state index contributed by atoms with van der Waals surface area (Å²) in [4.78, 5) is 18.5. The quantitative estimate of drug-likeness (QED) is 0.415. The lowest BCUT2D eigenvalue weighted by molar-refractivity contribution is 0.0726. The van der Waals surface area contributed by atoms with E-state index in [0.29, 0.717) is 44.5 Å². The van der Waals surface area contributed by atoms with Crippen molar-refractivity contribution in [2.24, 2.45) is 0 Å². The number of hydrogen-bond acceptors (Lipinski definition) is 3. The molecule has 146 valence electrons. The maximum atomic E-state index is 12.8. The Morgan fingerprint density at radius 3 is 2.33 bits per heavy atom. The molecule has 1 heterocycles. The van der Waals surface area contributed by atoms with Crippen LogP contribution in [0.15, 0.2) is 30.6 Å². The third-order valence-electron chi connectivity index (χ3n) is 3.84. The summed E-state index contributed by atoms with van der Waals surface area (Å²) < 4.78 is 5.71. The van der Waals surface area contributed by atoms with E-state index in [1.54, 1.807) is 23.1 Å². The minimum atomic E-state index is -0.141. The van der Waals surface area contributed by atoms with Gasteiger partial charge in [-0.1, -0.05) is 66.2 Å². The Hall–Kier alpha value is -1.20. The van der Waals surface area contributed by atoms with Gasteiger partial charge in [-0.25, -0.2) is 0 Å². The van der Waals surface area contributed by atoms with E-state index in [0.717, 1.165) is 19.3 Å². The van der Waals surface area contributed by atoms with Gasteiger partial charge < -0.3 is 9.64 Å². The molecule has 0 saturated carbocycles. The highest BCUT2D eigenvalue weighted by atomic mass is 35.5. The molecule has 0 radical (unpaired) electrons. The number of nitrogens with zero attached hydrogens (tertiary/aromatic N) is 2. The van der Waals surface area contributed by atoms with Crippen LogP contribution in [0.25, 0.3) is 0 Å². The van der Waals surface area contributed by atoms with Gasteiger partial charge in [0, 0.05) is 24.0 Å². The number of hydrogen-bond donors (Lipinski definition) is 0. The zero-order valence-corrected chi connectivity index (χ0v) is 17.9. The summed E-state index contributed by atoms with van der Waals surface area (Å²) in [7, 11) is 0. The maximum Gasteiger partial charge on any atom is 0.255 e. The fourth-order valence-electron chi connectivity index (χ4n) is 2.50. The number of carbonyl (C=O) groups is 1. The Kier molecular flexibility index (Phi) is 8.97. The Bertz CT molecular complexity index is 763. The normalized spacial score (nSPS) is 10.7. The number of carbonyl (C=O) groups excluding carboxylic acids is 1. The first-order valence-corrected chi connectivity index (χ1v) is 10.1. The van der Waals surface area contributed by atoms with Gasteiger partial charge in [0.2, 0.25) is 0 Å². The minimum absolute atomic E-state index is 0.141. The number of rotatable bonds is 9. The zero-order valence-electron chi connectivity index (χ0n) is 14.9. The molecule has 0 unspecified atom stereocenters. The molecule has 8 heteroatoms. The molecule has 0 atom stereocenters. The van der Waals surface area contributed by atoms with E-state index in [2.05, 4.69) is 11.9 Å². The summed E-state index contributed by atoms with van der Waals surface area (Å²) in [5, 5.41) is 1.51. The van der Waals surface area contributed by atoms with Gasteiger partial charge in [0.25, 0.3) is 5.91 Å². The molecule has 2 rings (SSSR count). The molecule has 0 N–H and O–H groups in total. The second-order valence-electron chi connectivity index (χ2n) is 5.94. The number of halogens is 4. The molecule has 0 aliphatic carbocycles. The van der Waals surface area contributed by atoms with Crippen molar-refractivity contribution in [3.63, 3.8) is 0 Å². The molecule has 0 aliphatic heterocycles. The van der Waals surface area contributed by atoms with Crippen LogP contribution in [0.1, 0.15) is 36.5 Å². The van der Waals surface area contributed by atoms with E-state index in [1.165, 1.54) is 12.4 Å². The second-order valence-corrected chi connectivity index (χ2v) is 7.63. The Balaban J connectivity index is 2.05. The van der Waals surface area contributed by atoms with Crippen LogP contribution in [0.2, 0.25) is 20.1 Å². The minimum Gasteiger partial charge on any atom is -0.489 e. The monoisotopic (exact) mass is 448 g/mol. The summed E-state index contributed by atoms with van der Waals surface area (Å²) in [6, 6.07) is 4.73. The molecule has 0 fully saturated rings. The van der Waals surface area contributed by atoms with E-state index in [1.807, 2.05) is 0 Å². The van der Waals surface area contributed by atoms with Crippen LogP contribution in [0.4, 0.5) is 0 Å². The highest BCUT2D eigenvalue weighted by Gasteiger charge is 2.17. The first-order chi connectivity index (χ1) is 12.9. The van der Waals surface area contributed by atoms with Crippen molar-refractivity contribution in [2.45, 2.75) is 26.2 Å². The van der Waals surface area contributed by atoms with Gasteiger partial charge in [-0.3, -0.25) is 9.78 Å². The highest BCUT2D eigenvalue weighted by molar-refractivity contribution is 6.40. The van der Waals surface area contributed by atoms with Crippen molar-refractivity contribution in [3.05, 3.63) is 56.2 Å². The number of ether oxygens (including phenoxy) is 1. The molecule has 0 aliphatic rings. The van der Waals surface area contributed by atoms with Gasteiger partial charge >= 0.3 is 0 Å². The molecular formula is C19H20Cl4N2O2. The van der Waals surface area contributed by atoms with Gasteiger partial charge in [-0.15, -0.1) is 0 Å². The molecule has 2 aromatic rings. The highest BCUT2D eigenvalue weighted by Crippen LogP contribution is 2.35. The zero-order chi connectivity index (χ0) is 19.8. The average Bonchev–Trinajstić information content (AvgIpc) is 2.62. The summed E-state index contributed by atoms with van der Waals surface area (Å²) >= 11 is 24.1. The van der Waals surface area contributed by atoms with Crippen molar-refractivity contribution in [1.29, 1.82) is 0 Å². The van der Waals surface area contributed by atoms with Crippen LogP contribution in [-0.2, 0) is 0 Å².